The summed E-state index contributed by atoms with van der Waals surface area (Å²) in [5, 5.41) is 7.09. The lowest BCUT2D eigenvalue weighted by Gasteiger charge is -2.25. The van der Waals surface area contributed by atoms with Crippen molar-refractivity contribution in [2.45, 2.75) is 6.54 Å². The van der Waals surface area contributed by atoms with Gasteiger partial charge in [-0.1, -0.05) is 0 Å². The van der Waals surface area contributed by atoms with E-state index in [1.54, 1.807) is 4.68 Å². The number of nitrogens with zero attached hydrogens (tertiary/aromatic N) is 3. The molecule has 2 rings (SSSR count). The van der Waals surface area contributed by atoms with E-state index in [1.165, 1.54) is 5.56 Å². The fourth-order valence-electron chi connectivity index (χ4n) is 1.68. The maximum absolute atomic E-state index is 11.2. The van der Waals surface area contributed by atoms with Gasteiger partial charge in [0.2, 0.25) is 5.91 Å². The molecule has 0 atom stereocenters. The number of aryl methyl sites for hydroxylation is 1. The van der Waals surface area contributed by atoms with Crippen LogP contribution in [0.4, 0.5) is 0 Å². The van der Waals surface area contributed by atoms with E-state index in [-0.39, 0.29) is 5.91 Å². The molecule has 0 unspecified atom stereocenters. The molecule has 5 nitrogen and oxygen atoms in total. The summed E-state index contributed by atoms with van der Waals surface area (Å²) in [6, 6.07) is 0. The molecule has 1 aliphatic rings. The van der Waals surface area contributed by atoms with E-state index in [2.05, 4.69) is 37.9 Å². The number of nitrogens with one attached hydrogen (secondary N) is 1. The molecular weight excluding hydrogens is 307 g/mol. The van der Waals surface area contributed by atoms with Gasteiger partial charge in [-0.3, -0.25) is 14.4 Å². The molecule has 1 aromatic rings. The Labute approximate surface area is 102 Å². The molecule has 0 aromatic carbocycles. The topological polar surface area (TPSA) is 50.2 Å². The predicted molar refractivity (Wildman–Crippen MR) is 64.2 cm³/mol. The second kappa shape index (κ2) is 4.48. The lowest BCUT2D eigenvalue weighted by Crippen LogP contribution is -2.47. The van der Waals surface area contributed by atoms with Crippen molar-refractivity contribution in [1.82, 2.24) is 20.0 Å². The minimum absolute atomic E-state index is 0.111. The number of piperazine rings is 1. The van der Waals surface area contributed by atoms with E-state index in [0.717, 1.165) is 23.3 Å². The molecule has 1 aromatic heterocycles. The molecule has 6 heteroatoms. The monoisotopic (exact) mass is 320 g/mol. The van der Waals surface area contributed by atoms with Gasteiger partial charge in [0, 0.05) is 38.4 Å². The average Bonchev–Trinajstić information content (AvgIpc) is 2.45. The van der Waals surface area contributed by atoms with E-state index in [9.17, 15) is 4.79 Å². The normalized spacial score (nSPS) is 17.9. The zero-order valence-corrected chi connectivity index (χ0v) is 10.7. The van der Waals surface area contributed by atoms with Crippen LogP contribution in [0.3, 0.4) is 0 Å². The highest BCUT2D eigenvalue weighted by Crippen LogP contribution is 2.12. The summed E-state index contributed by atoms with van der Waals surface area (Å²) >= 11 is 2.22. The van der Waals surface area contributed by atoms with Crippen LogP contribution in [0.1, 0.15) is 5.56 Å². The molecule has 1 aliphatic heterocycles. The summed E-state index contributed by atoms with van der Waals surface area (Å²) in [6.07, 6.45) is 2.01. The van der Waals surface area contributed by atoms with E-state index in [4.69, 9.17) is 0 Å². The highest BCUT2D eigenvalue weighted by atomic mass is 127. The molecular formula is C9H13IN4O. The number of carbonyl (C=O) groups excluding carboxylic acids is 1. The molecule has 0 radical (unpaired) electrons. The van der Waals surface area contributed by atoms with E-state index in [1.807, 2.05) is 13.2 Å². The SMILES string of the molecule is Cn1cc(CN2CCNC(=O)C2)c(I)n1. The van der Waals surface area contributed by atoms with Crippen molar-refractivity contribution in [2.75, 3.05) is 19.6 Å². The van der Waals surface area contributed by atoms with Gasteiger partial charge in [-0.25, -0.2) is 0 Å². The average molecular weight is 320 g/mol. The maximum atomic E-state index is 11.2. The van der Waals surface area contributed by atoms with Gasteiger partial charge in [-0.2, -0.15) is 5.10 Å². The lowest BCUT2D eigenvalue weighted by molar-refractivity contribution is -0.124. The highest BCUT2D eigenvalue weighted by molar-refractivity contribution is 14.1. The van der Waals surface area contributed by atoms with Crippen LogP contribution < -0.4 is 5.32 Å². The minimum atomic E-state index is 0.111. The molecule has 0 bridgehead atoms. The Hall–Kier alpha value is -0.630. The zero-order valence-electron chi connectivity index (χ0n) is 8.53. The van der Waals surface area contributed by atoms with Crippen LogP contribution >= 0.6 is 22.6 Å². The van der Waals surface area contributed by atoms with Crippen LogP contribution in [-0.4, -0.2) is 40.2 Å². The van der Waals surface area contributed by atoms with Gasteiger partial charge < -0.3 is 5.32 Å². The molecule has 82 valence electrons. The Morgan fingerprint density at radius 3 is 3.07 bits per heavy atom. The molecule has 0 saturated carbocycles. The van der Waals surface area contributed by atoms with Gasteiger partial charge in [0.05, 0.1) is 6.54 Å². The number of aromatic nitrogens is 2. The van der Waals surface area contributed by atoms with Gasteiger partial charge in [-0.05, 0) is 22.6 Å². The number of rotatable bonds is 2. The second-order valence-electron chi connectivity index (χ2n) is 3.68. The third-order valence-electron chi connectivity index (χ3n) is 2.36. The number of hydrogen-bond acceptors (Lipinski definition) is 3. The predicted octanol–water partition coefficient (Wildman–Crippen LogP) is -0.0435. The van der Waals surface area contributed by atoms with Crippen LogP contribution in [0.2, 0.25) is 0 Å². The Morgan fingerprint density at radius 1 is 1.67 bits per heavy atom. The van der Waals surface area contributed by atoms with Crippen molar-refractivity contribution in [3.63, 3.8) is 0 Å². The van der Waals surface area contributed by atoms with Gasteiger partial charge in [-0.15, -0.1) is 0 Å². The maximum Gasteiger partial charge on any atom is 0.234 e. The summed E-state index contributed by atoms with van der Waals surface area (Å²) in [6.45, 7) is 2.96. The van der Waals surface area contributed by atoms with Crippen LogP contribution in [0.25, 0.3) is 0 Å². The number of hydrogen-bond donors (Lipinski definition) is 1. The molecule has 1 N–H and O–H groups in total. The van der Waals surface area contributed by atoms with Gasteiger partial charge >= 0.3 is 0 Å². The fraction of sp³-hybridized carbons (Fsp3) is 0.556. The third-order valence-corrected chi connectivity index (χ3v) is 3.27. The van der Waals surface area contributed by atoms with E-state index < -0.39 is 0 Å². The number of amides is 1. The van der Waals surface area contributed by atoms with Crippen molar-refractivity contribution < 1.29 is 4.79 Å². The molecule has 1 fully saturated rings. The fourth-order valence-corrected chi connectivity index (χ4v) is 2.33. The van der Waals surface area contributed by atoms with Gasteiger partial charge in [0.25, 0.3) is 0 Å². The third kappa shape index (κ3) is 2.69. The quantitative estimate of drug-likeness (QED) is 0.778. The van der Waals surface area contributed by atoms with Crippen LogP contribution in [0.5, 0.6) is 0 Å². The zero-order chi connectivity index (χ0) is 10.8. The Kier molecular flexibility index (Phi) is 3.25. The van der Waals surface area contributed by atoms with Crippen LogP contribution in [0, 0.1) is 3.70 Å². The summed E-state index contributed by atoms with van der Waals surface area (Å²) in [7, 11) is 1.91. The number of carbonyl (C=O) groups is 1. The Morgan fingerprint density at radius 2 is 2.47 bits per heavy atom. The van der Waals surface area contributed by atoms with Gasteiger partial charge in [0.15, 0.2) is 0 Å². The largest absolute Gasteiger partial charge is 0.354 e. The van der Waals surface area contributed by atoms with E-state index >= 15 is 0 Å². The molecule has 0 spiro atoms. The van der Waals surface area contributed by atoms with Crippen molar-refractivity contribution in [2.24, 2.45) is 7.05 Å². The van der Waals surface area contributed by atoms with Crippen molar-refractivity contribution in [3.8, 4) is 0 Å². The standard InChI is InChI=1S/C9H13IN4O/c1-13-4-7(9(10)12-13)5-14-3-2-11-8(15)6-14/h4H,2-3,5-6H2,1H3,(H,11,15). The number of halogens is 1. The molecule has 1 saturated heterocycles. The van der Waals surface area contributed by atoms with Crippen molar-refractivity contribution >= 4 is 28.5 Å². The van der Waals surface area contributed by atoms with Gasteiger partial charge in [0.1, 0.15) is 3.70 Å². The van der Waals surface area contributed by atoms with E-state index in [0.29, 0.717) is 6.54 Å². The molecule has 1 amide bonds. The molecule has 2 heterocycles. The minimum Gasteiger partial charge on any atom is -0.354 e. The first kappa shape index (κ1) is 10.9. The van der Waals surface area contributed by atoms with Crippen LogP contribution in [-0.2, 0) is 18.4 Å². The first-order valence-electron chi connectivity index (χ1n) is 4.82. The lowest BCUT2D eigenvalue weighted by atomic mass is 10.3. The van der Waals surface area contributed by atoms with Crippen molar-refractivity contribution in [1.29, 1.82) is 0 Å². The van der Waals surface area contributed by atoms with Crippen molar-refractivity contribution in [3.05, 3.63) is 15.5 Å². The summed E-state index contributed by atoms with van der Waals surface area (Å²) in [5.74, 6) is 0.111. The Bertz CT molecular complexity index is 376. The Balaban J connectivity index is 2.01. The summed E-state index contributed by atoms with van der Waals surface area (Å²) in [5.41, 5.74) is 1.19. The molecule has 15 heavy (non-hydrogen) atoms. The first-order chi connectivity index (χ1) is 7.15. The summed E-state index contributed by atoms with van der Waals surface area (Å²) in [4.78, 5) is 13.3. The smallest absolute Gasteiger partial charge is 0.234 e. The first-order valence-corrected chi connectivity index (χ1v) is 5.90. The highest BCUT2D eigenvalue weighted by Gasteiger charge is 2.17. The summed E-state index contributed by atoms with van der Waals surface area (Å²) < 4.78 is 2.82. The van der Waals surface area contributed by atoms with Crippen LogP contribution in [0.15, 0.2) is 6.20 Å². The second-order valence-corrected chi connectivity index (χ2v) is 4.70. The molecule has 0 aliphatic carbocycles.